The summed E-state index contributed by atoms with van der Waals surface area (Å²) >= 11 is 0. The van der Waals surface area contributed by atoms with Crippen molar-refractivity contribution in [3.8, 4) is 0 Å². The van der Waals surface area contributed by atoms with Gasteiger partial charge in [-0.25, -0.2) is 0 Å². The SMILES string of the molecule is CC/C(=C\N)c1ccc(C)cc1. The van der Waals surface area contributed by atoms with Gasteiger partial charge in [0.25, 0.3) is 0 Å². The first kappa shape index (κ1) is 8.85. The molecule has 1 rings (SSSR count). The van der Waals surface area contributed by atoms with Gasteiger partial charge in [0.2, 0.25) is 0 Å². The molecule has 0 amide bonds. The van der Waals surface area contributed by atoms with Crippen molar-refractivity contribution in [2.75, 3.05) is 0 Å². The Morgan fingerprint density at radius 2 is 1.92 bits per heavy atom. The lowest BCUT2D eigenvalue weighted by molar-refractivity contribution is 1.22. The maximum absolute atomic E-state index is 5.49. The lowest BCUT2D eigenvalue weighted by Crippen LogP contribution is -1.88. The van der Waals surface area contributed by atoms with E-state index in [4.69, 9.17) is 5.73 Å². The molecule has 0 aliphatic heterocycles. The molecule has 1 aromatic carbocycles. The first-order chi connectivity index (χ1) is 5.77. The molecule has 0 spiro atoms. The van der Waals surface area contributed by atoms with E-state index >= 15 is 0 Å². The van der Waals surface area contributed by atoms with Crippen LogP contribution in [0.2, 0.25) is 0 Å². The fourth-order valence-corrected chi connectivity index (χ4v) is 1.19. The van der Waals surface area contributed by atoms with Crippen LogP contribution in [0.25, 0.3) is 5.57 Å². The van der Waals surface area contributed by atoms with Crippen molar-refractivity contribution < 1.29 is 0 Å². The average molecular weight is 161 g/mol. The molecule has 0 saturated heterocycles. The van der Waals surface area contributed by atoms with Crippen molar-refractivity contribution >= 4 is 5.57 Å². The molecular formula is C11H15N. The van der Waals surface area contributed by atoms with Gasteiger partial charge < -0.3 is 5.73 Å². The largest absolute Gasteiger partial charge is 0.404 e. The van der Waals surface area contributed by atoms with Gasteiger partial charge in [-0.3, -0.25) is 0 Å². The van der Waals surface area contributed by atoms with Crippen LogP contribution in [0.15, 0.2) is 30.5 Å². The van der Waals surface area contributed by atoms with Gasteiger partial charge in [-0.15, -0.1) is 0 Å². The van der Waals surface area contributed by atoms with Crippen molar-refractivity contribution in [2.45, 2.75) is 20.3 Å². The molecule has 0 aliphatic rings. The predicted octanol–water partition coefficient (Wildman–Crippen LogP) is 2.70. The summed E-state index contributed by atoms with van der Waals surface area (Å²) in [6, 6.07) is 8.43. The van der Waals surface area contributed by atoms with Crippen molar-refractivity contribution in [2.24, 2.45) is 5.73 Å². The minimum absolute atomic E-state index is 0.986. The van der Waals surface area contributed by atoms with Crippen molar-refractivity contribution in [3.05, 3.63) is 41.6 Å². The third-order valence-electron chi connectivity index (χ3n) is 2.00. The Morgan fingerprint density at radius 3 is 2.33 bits per heavy atom. The topological polar surface area (TPSA) is 26.0 Å². The molecule has 64 valence electrons. The maximum atomic E-state index is 5.49. The van der Waals surface area contributed by atoms with Crippen LogP contribution in [0.1, 0.15) is 24.5 Å². The monoisotopic (exact) mass is 161 g/mol. The van der Waals surface area contributed by atoms with Gasteiger partial charge in [0.1, 0.15) is 0 Å². The zero-order valence-corrected chi connectivity index (χ0v) is 7.67. The second-order valence-electron chi connectivity index (χ2n) is 2.91. The standard InChI is InChI=1S/C11H15N/c1-3-10(8-12)11-6-4-9(2)5-7-11/h4-8H,3,12H2,1-2H3/b10-8+. The lowest BCUT2D eigenvalue weighted by atomic mass is 10.0. The zero-order valence-electron chi connectivity index (χ0n) is 7.67. The van der Waals surface area contributed by atoms with Gasteiger partial charge in [-0.1, -0.05) is 36.8 Å². The summed E-state index contributed by atoms with van der Waals surface area (Å²) in [4.78, 5) is 0. The van der Waals surface area contributed by atoms with E-state index in [1.54, 1.807) is 6.20 Å². The molecule has 0 fully saturated rings. The van der Waals surface area contributed by atoms with E-state index in [-0.39, 0.29) is 0 Å². The van der Waals surface area contributed by atoms with E-state index < -0.39 is 0 Å². The lowest BCUT2D eigenvalue weighted by Gasteiger charge is -2.03. The summed E-state index contributed by atoms with van der Waals surface area (Å²) in [6.07, 6.45) is 2.67. The number of hydrogen-bond acceptors (Lipinski definition) is 1. The highest BCUT2D eigenvalue weighted by molar-refractivity contribution is 5.64. The Kier molecular flexibility index (Phi) is 2.92. The molecule has 0 aromatic heterocycles. The fourth-order valence-electron chi connectivity index (χ4n) is 1.19. The van der Waals surface area contributed by atoms with Crippen molar-refractivity contribution in [1.29, 1.82) is 0 Å². The van der Waals surface area contributed by atoms with Crippen LogP contribution >= 0.6 is 0 Å². The molecule has 0 heterocycles. The Labute approximate surface area is 73.9 Å². The summed E-state index contributed by atoms with van der Waals surface area (Å²) < 4.78 is 0. The third-order valence-corrected chi connectivity index (χ3v) is 2.00. The van der Waals surface area contributed by atoms with Crippen LogP contribution in [0, 0.1) is 6.92 Å². The van der Waals surface area contributed by atoms with E-state index in [1.807, 2.05) is 0 Å². The van der Waals surface area contributed by atoms with Gasteiger partial charge in [-0.05, 0) is 30.7 Å². The minimum Gasteiger partial charge on any atom is -0.404 e. The first-order valence-corrected chi connectivity index (χ1v) is 4.25. The molecule has 0 aliphatic carbocycles. The normalized spacial score (nSPS) is 11.7. The second kappa shape index (κ2) is 3.96. The molecule has 0 bridgehead atoms. The summed E-state index contributed by atoms with van der Waals surface area (Å²) in [5.74, 6) is 0. The Hall–Kier alpha value is -1.24. The summed E-state index contributed by atoms with van der Waals surface area (Å²) in [6.45, 7) is 4.19. The first-order valence-electron chi connectivity index (χ1n) is 4.25. The van der Waals surface area contributed by atoms with Crippen LogP contribution in [0.5, 0.6) is 0 Å². The number of aryl methyl sites for hydroxylation is 1. The van der Waals surface area contributed by atoms with Crippen LogP contribution in [0.4, 0.5) is 0 Å². The summed E-state index contributed by atoms with van der Waals surface area (Å²) in [7, 11) is 0. The highest BCUT2D eigenvalue weighted by Gasteiger charge is 1.96. The number of hydrogen-bond donors (Lipinski definition) is 1. The highest BCUT2D eigenvalue weighted by Crippen LogP contribution is 2.16. The average Bonchev–Trinajstić information content (AvgIpc) is 2.10. The van der Waals surface area contributed by atoms with Gasteiger partial charge in [0, 0.05) is 0 Å². The van der Waals surface area contributed by atoms with Gasteiger partial charge >= 0.3 is 0 Å². The van der Waals surface area contributed by atoms with Crippen molar-refractivity contribution in [3.63, 3.8) is 0 Å². The number of nitrogens with two attached hydrogens (primary N) is 1. The number of rotatable bonds is 2. The number of benzene rings is 1. The van der Waals surface area contributed by atoms with E-state index in [1.165, 1.54) is 16.7 Å². The van der Waals surface area contributed by atoms with Crippen LogP contribution in [-0.4, -0.2) is 0 Å². The minimum atomic E-state index is 0.986. The van der Waals surface area contributed by atoms with Crippen molar-refractivity contribution in [1.82, 2.24) is 0 Å². The van der Waals surface area contributed by atoms with E-state index in [9.17, 15) is 0 Å². The Morgan fingerprint density at radius 1 is 1.33 bits per heavy atom. The van der Waals surface area contributed by atoms with Crippen LogP contribution in [-0.2, 0) is 0 Å². The molecule has 1 nitrogen and oxygen atoms in total. The van der Waals surface area contributed by atoms with Crippen LogP contribution in [0.3, 0.4) is 0 Å². The smallest absolute Gasteiger partial charge is 0.00238 e. The Bertz CT molecular complexity index is 270. The molecule has 2 N–H and O–H groups in total. The summed E-state index contributed by atoms with van der Waals surface area (Å²) in [5, 5.41) is 0. The van der Waals surface area contributed by atoms with Gasteiger partial charge in [0.05, 0.1) is 0 Å². The highest BCUT2D eigenvalue weighted by atomic mass is 14.5. The van der Waals surface area contributed by atoms with Gasteiger partial charge in [-0.2, -0.15) is 0 Å². The molecule has 1 aromatic rings. The summed E-state index contributed by atoms with van der Waals surface area (Å²) in [5.41, 5.74) is 9.21. The molecule has 0 atom stereocenters. The molecular weight excluding hydrogens is 146 g/mol. The quantitative estimate of drug-likeness (QED) is 0.709. The van der Waals surface area contributed by atoms with E-state index in [2.05, 4.69) is 38.1 Å². The molecule has 0 saturated carbocycles. The van der Waals surface area contributed by atoms with E-state index in [0.717, 1.165) is 6.42 Å². The molecule has 12 heavy (non-hydrogen) atoms. The third kappa shape index (κ3) is 1.88. The molecule has 0 radical (unpaired) electrons. The maximum Gasteiger partial charge on any atom is -0.00238 e. The molecule has 1 heteroatoms. The second-order valence-corrected chi connectivity index (χ2v) is 2.91. The number of allylic oxidation sites excluding steroid dienone is 1. The molecule has 0 unspecified atom stereocenters. The van der Waals surface area contributed by atoms with Gasteiger partial charge in [0.15, 0.2) is 0 Å². The van der Waals surface area contributed by atoms with E-state index in [0.29, 0.717) is 0 Å². The Balaban J connectivity index is 2.96. The van der Waals surface area contributed by atoms with Crippen LogP contribution < -0.4 is 5.73 Å². The fraction of sp³-hybridized carbons (Fsp3) is 0.273. The predicted molar refractivity (Wildman–Crippen MR) is 53.6 cm³/mol. The zero-order chi connectivity index (χ0) is 8.97.